The number of carbonyl (C=O) groups is 1. The molecule has 2 aromatic rings. The Kier molecular flexibility index (Phi) is 6.08. The molecular formula is C19H24N4O3S. The fraction of sp³-hybridized carbons (Fsp3) is 0.368. The molecule has 1 aliphatic heterocycles. The minimum Gasteiger partial charge on any atom is -0.356 e. The SMILES string of the molecule is CCCNS(=O)(=O)c1ccc(NC(=O)c2cccnc2N2CCCC2)cc1. The molecule has 8 heteroatoms. The number of amides is 1. The van der Waals surface area contributed by atoms with Crippen molar-refractivity contribution in [3.05, 3.63) is 48.2 Å². The highest BCUT2D eigenvalue weighted by atomic mass is 32.2. The van der Waals surface area contributed by atoms with Gasteiger partial charge in [0.2, 0.25) is 10.0 Å². The van der Waals surface area contributed by atoms with E-state index < -0.39 is 10.0 Å². The van der Waals surface area contributed by atoms with Crippen molar-refractivity contribution < 1.29 is 13.2 Å². The molecule has 1 saturated heterocycles. The maximum atomic E-state index is 12.7. The molecule has 144 valence electrons. The van der Waals surface area contributed by atoms with Crippen LogP contribution in [0.4, 0.5) is 11.5 Å². The molecule has 2 heterocycles. The summed E-state index contributed by atoms with van der Waals surface area (Å²) in [6.07, 6.45) is 4.60. The third-order valence-corrected chi connectivity index (χ3v) is 5.88. The fourth-order valence-corrected chi connectivity index (χ4v) is 4.12. The number of rotatable bonds is 7. The first-order valence-corrected chi connectivity index (χ1v) is 10.6. The Hall–Kier alpha value is -2.45. The van der Waals surface area contributed by atoms with Crippen molar-refractivity contribution >= 4 is 27.4 Å². The van der Waals surface area contributed by atoms with E-state index in [2.05, 4.69) is 19.9 Å². The maximum absolute atomic E-state index is 12.7. The number of carbonyl (C=O) groups excluding carboxylic acids is 1. The lowest BCUT2D eigenvalue weighted by molar-refractivity contribution is 0.102. The molecule has 27 heavy (non-hydrogen) atoms. The van der Waals surface area contributed by atoms with E-state index in [1.165, 1.54) is 12.1 Å². The zero-order chi connectivity index (χ0) is 19.3. The Morgan fingerprint density at radius 2 is 1.85 bits per heavy atom. The molecule has 1 aromatic carbocycles. The molecule has 0 saturated carbocycles. The number of pyridine rings is 1. The van der Waals surface area contributed by atoms with Gasteiger partial charge < -0.3 is 10.2 Å². The Bertz CT molecular complexity index is 891. The van der Waals surface area contributed by atoms with Gasteiger partial charge in [0.15, 0.2) is 0 Å². The largest absolute Gasteiger partial charge is 0.356 e. The number of nitrogens with zero attached hydrogens (tertiary/aromatic N) is 2. The lowest BCUT2D eigenvalue weighted by Crippen LogP contribution is -2.24. The normalized spacial score (nSPS) is 14.3. The van der Waals surface area contributed by atoms with Gasteiger partial charge in [0, 0.05) is 31.5 Å². The van der Waals surface area contributed by atoms with Gasteiger partial charge in [-0.1, -0.05) is 6.92 Å². The number of anilines is 2. The summed E-state index contributed by atoms with van der Waals surface area (Å²) in [5.41, 5.74) is 1.05. The van der Waals surface area contributed by atoms with Crippen LogP contribution in [0.25, 0.3) is 0 Å². The number of benzene rings is 1. The first-order valence-electron chi connectivity index (χ1n) is 9.12. The second-order valence-corrected chi connectivity index (χ2v) is 8.21. The Balaban J connectivity index is 1.74. The molecule has 0 unspecified atom stereocenters. The van der Waals surface area contributed by atoms with E-state index in [0.717, 1.165) is 32.4 Å². The second kappa shape index (κ2) is 8.49. The quantitative estimate of drug-likeness (QED) is 0.761. The highest BCUT2D eigenvalue weighted by molar-refractivity contribution is 7.89. The molecule has 1 amide bonds. The molecule has 7 nitrogen and oxygen atoms in total. The number of sulfonamides is 1. The summed E-state index contributed by atoms with van der Waals surface area (Å²) in [7, 11) is -3.52. The van der Waals surface area contributed by atoms with Crippen molar-refractivity contribution in [2.45, 2.75) is 31.1 Å². The van der Waals surface area contributed by atoms with Crippen molar-refractivity contribution in [1.29, 1.82) is 0 Å². The highest BCUT2D eigenvalue weighted by Gasteiger charge is 2.21. The van der Waals surface area contributed by atoms with Crippen LogP contribution in [0, 0.1) is 0 Å². The summed E-state index contributed by atoms with van der Waals surface area (Å²) in [6, 6.07) is 9.64. The van der Waals surface area contributed by atoms with Crippen LogP contribution in [-0.2, 0) is 10.0 Å². The molecule has 1 fully saturated rings. The predicted octanol–water partition coefficient (Wildman–Crippen LogP) is 2.62. The third kappa shape index (κ3) is 4.64. The first kappa shape index (κ1) is 19.3. The summed E-state index contributed by atoms with van der Waals surface area (Å²) in [4.78, 5) is 19.4. The number of aromatic nitrogens is 1. The number of hydrogen-bond acceptors (Lipinski definition) is 5. The lowest BCUT2D eigenvalue weighted by atomic mass is 10.2. The molecule has 3 rings (SSSR count). The third-order valence-electron chi connectivity index (χ3n) is 4.40. The fourth-order valence-electron chi connectivity index (χ4n) is 2.99. The maximum Gasteiger partial charge on any atom is 0.259 e. The molecule has 2 N–H and O–H groups in total. The van der Waals surface area contributed by atoms with E-state index in [1.54, 1.807) is 30.5 Å². The van der Waals surface area contributed by atoms with Crippen molar-refractivity contribution in [3.63, 3.8) is 0 Å². The van der Waals surface area contributed by atoms with Crippen molar-refractivity contribution in [1.82, 2.24) is 9.71 Å². The summed E-state index contributed by atoms with van der Waals surface area (Å²) >= 11 is 0. The van der Waals surface area contributed by atoms with Gasteiger partial charge in [-0.2, -0.15) is 0 Å². The molecule has 0 radical (unpaired) electrons. The zero-order valence-electron chi connectivity index (χ0n) is 15.3. The topological polar surface area (TPSA) is 91.4 Å². The van der Waals surface area contributed by atoms with E-state index >= 15 is 0 Å². The number of nitrogens with one attached hydrogen (secondary N) is 2. The Morgan fingerprint density at radius 3 is 2.52 bits per heavy atom. The van der Waals surface area contributed by atoms with Gasteiger partial charge in [-0.3, -0.25) is 4.79 Å². The predicted molar refractivity (Wildman–Crippen MR) is 106 cm³/mol. The van der Waals surface area contributed by atoms with Crippen LogP contribution in [0.15, 0.2) is 47.5 Å². The van der Waals surface area contributed by atoms with Gasteiger partial charge in [0.25, 0.3) is 5.91 Å². The smallest absolute Gasteiger partial charge is 0.259 e. The van der Waals surface area contributed by atoms with Crippen LogP contribution in [0.2, 0.25) is 0 Å². The minimum absolute atomic E-state index is 0.174. The average Bonchev–Trinajstić information content (AvgIpc) is 3.21. The van der Waals surface area contributed by atoms with E-state index in [4.69, 9.17) is 0 Å². The average molecular weight is 388 g/mol. The van der Waals surface area contributed by atoms with Gasteiger partial charge in [-0.25, -0.2) is 18.1 Å². The van der Waals surface area contributed by atoms with Crippen LogP contribution in [0.5, 0.6) is 0 Å². The molecule has 1 aromatic heterocycles. The van der Waals surface area contributed by atoms with Crippen LogP contribution in [0.3, 0.4) is 0 Å². The Morgan fingerprint density at radius 1 is 1.15 bits per heavy atom. The van der Waals surface area contributed by atoms with Gasteiger partial charge in [0.1, 0.15) is 5.82 Å². The lowest BCUT2D eigenvalue weighted by Gasteiger charge is -2.19. The summed E-state index contributed by atoms with van der Waals surface area (Å²) < 4.78 is 26.8. The minimum atomic E-state index is -3.52. The molecule has 1 aliphatic rings. The van der Waals surface area contributed by atoms with E-state index in [1.807, 2.05) is 6.92 Å². The summed E-state index contributed by atoms with van der Waals surface area (Å²) in [6.45, 7) is 4.08. The molecule has 0 spiro atoms. The van der Waals surface area contributed by atoms with E-state index in [9.17, 15) is 13.2 Å². The molecule has 0 atom stereocenters. The van der Waals surface area contributed by atoms with Crippen molar-refractivity contribution in [2.75, 3.05) is 29.9 Å². The molecular weight excluding hydrogens is 364 g/mol. The van der Waals surface area contributed by atoms with E-state index in [0.29, 0.717) is 23.6 Å². The number of hydrogen-bond donors (Lipinski definition) is 2. The van der Waals surface area contributed by atoms with Gasteiger partial charge in [-0.15, -0.1) is 0 Å². The highest BCUT2D eigenvalue weighted by Crippen LogP contribution is 2.23. The van der Waals surface area contributed by atoms with Crippen LogP contribution in [-0.4, -0.2) is 38.9 Å². The summed E-state index contributed by atoms with van der Waals surface area (Å²) in [5.74, 6) is 0.431. The van der Waals surface area contributed by atoms with Crippen LogP contribution < -0.4 is 14.9 Å². The van der Waals surface area contributed by atoms with Gasteiger partial charge in [0.05, 0.1) is 10.5 Å². The van der Waals surface area contributed by atoms with Gasteiger partial charge >= 0.3 is 0 Å². The first-order chi connectivity index (χ1) is 13.0. The van der Waals surface area contributed by atoms with Crippen molar-refractivity contribution in [2.24, 2.45) is 0 Å². The second-order valence-electron chi connectivity index (χ2n) is 6.45. The van der Waals surface area contributed by atoms with E-state index in [-0.39, 0.29) is 10.8 Å². The summed E-state index contributed by atoms with van der Waals surface area (Å²) in [5, 5.41) is 2.82. The van der Waals surface area contributed by atoms with Crippen LogP contribution in [0.1, 0.15) is 36.5 Å². The Labute approximate surface area is 159 Å². The van der Waals surface area contributed by atoms with Crippen LogP contribution >= 0.6 is 0 Å². The monoisotopic (exact) mass is 388 g/mol. The van der Waals surface area contributed by atoms with Gasteiger partial charge in [-0.05, 0) is 55.7 Å². The zero-order valence-corrected chi connectivity index (χ0v) is 16.1. The van der Waals surface area contributed by atoms with Crippen molar-refractivity contribution in [3.8, 4) is 0 Å². The molecule has 0 aliphatic carbocycles. The standard InChI is InChI=1S/C19H24N4O3S/c1-2-11-21-27(25,26)16-9-7-15(8-10-16)22-19(24)17-6-5-12-20-18(17)23-13-3-4-14-23/h5-10,12,21H,2-4,11,13-14H2,1H3,(H,22,24). The molecule has 0 bridgehead atoms.